The van der Waals surface area contributed by atoms with Crippen LogP contribution in [0.1, 0.15) is 11.1 Å². The summed E-state index contributed by atoms with van der Waals surface area (Å²) in [6.45, 7) is 0. The fourth-order valence-electron chi connectivity index (χ4n) is 1.73. The zero-order chi connectivity index (χ0) is 15.6. The third-order valence-electron chi connectivity index (χ3n) is 2.74. The minimum absolute atomic E-state index is 0.222. The molecule has 2 aromatic rings. The fraction of sp³-hybridized carbons (Fsp3) is 0. The largest absolute Gasteiger partial charge is 0.506 e. The number of phenolic OH excluding ortho intramolecular Hbond substituents is 1. The molecular formula is C15H9I3O3. The van der Waals surface area contributed by atoms with E-state index in [9.17, 15) is 15.0 Å². The smallest absolute Gasteiger partial charge is 0.336 e. The summed E-state index contributed by atoms with van der Waals surface area (Å²) in [5.41, 5.74) is 1.63. The molecule has 0 unspecified atom stereocenters. The summed E-state index contributed by atoms with van der Waals surface area (Å²) in [4.78, 5) is 11.5. The van der Waals surface area contributed by atoms with E-state index in [1.807, 2.05) is 57.3 Å². The fourth-order valence-corrected chi connectivity index (χ4v) is 3.91. The van der Waals surface area contributed by atoms with Crippen LogP contribution < -0.4 is 0 Å². The van der Waals surface area contributed by atoms with Crippen LogP contribution in [0.15, 0.2) is 36.4 Å². The number of halogens is 3. The van der Waals surface area contributed by atoms with Gasteiger partial charge in [-0.25, -0.2) is 4.79 Å². The lowest BCUT2D eigenvalue weighted by Gasteiger charge is -2.06. The van der Waals surface area contributed by atoms with Crippen molar-refractivity contribution in [3.8, 4) is 5.75 Å². The molecular weight excluding hydrogens is 609 g/mol. The van der Waals surface area contributed by atoms with Gasteiger partial charge in [0.1, 0.15) is 5.75 Å². The SMILES string of the molecule is O=C(O)C(=Cc1cc(I)c(O)c(I)c1)c1ccc(I)cc1. The molecule has 0 heterocycles. The van der Waals surface area contributed by atoms with E-state index in [0.29, 0.717) is 12.7 Å². The van der Waals surface area contributed by atoms with Crippen molar-refractivity contribution in [2.45, 2.75) is 0 Å². The first-order valence-electron chi connectivity index (χ1n) is 5.77. The molecule has 0 aliphatic carbocycles. The van der Waals surface area contributed by atoms with E-state index in [0.717, 1.165) is 9.13 Å². The van der Waals surface area contributed by atoms with Gasteiger partial charge < -0.3 is 10.2 Å². The number of carboxylic acid groups (broad SMARTS) is 1. The maximum absolute atomic E-state index is 11.5. The van der Waals surface area contributed by atoms with Crippen molar-refractivity contribution in [1.82, 2.24) is 0 Å². The Morgan fingerprint density at radius 3 is 2.00 bits per heavy atom. The van der Waals surface area contributed by atoms with Gasteiger partial charge in [0, 0.05) is 3.57 Å². The van der Waals surface area contributed by atoms with Crippen LogP contribution in [-0.4, -0.2) is 16.2 Å². The Labute approximate surface area is 162 Å². The Balaban J connectivity index is 2.52. The molecule has 0 fully saturated rings. The monoisotopic (exact) mass is 618 g/mol. The molecule has 0 amide bonds. The Morgan fingerprint density at radius 2 is 1.52 bits per heavy atom. The summed E-state index contributed by atoms with van der Waals surface area (Å²) in [6, 6.07) is 10.8. The molecule has 108 valence electrons. The van der Waals surface area contributed by atoms with Crippen LogP contribution in [0.4, 0.5) is 0 Å². The van der Waals surface area contributed by atoms with Gasteiger partial charge in [0.25, 0.3) is 0 Å². The number of rotatable bonds is 3. The first-order valence-corrected chi connectivity index (χ1v) is 9.01. The second-order valence-electron chi connectivity index (χ2n) is 4.20. The summed E-state index contributed by atoms with van der Waals surface area (Å²) in [6.07, 6.45) is 1.62. The molecule has 2 aromatic carbocycles. The Kier molecular flexibility index (Phi) is 5.88. The van der Waals surface area contributed by atoms with Gasteiger partial charge in [0.2, 0.25) is 0 Å². The lowest BCUT2D eigenvalue weighted by Crippen LogP contribution is -2.00. The first-order chi connectivity index (χ1) is 9.88. The molecule has 0 saturated carbocycles. The zero-order valence-electron chi connectivity index (χ0n) is 10.5. The molecule has 0 radical (unpaired) electrons. The molecule has 0 aliphatic rings. The van der Waals surface area contributed by atoms with Gasteiger partial charge in [0.05, 0.1) is 12.7 Å². The average molecular weight is 618 g/mol. The average Bonchev–Trinajstić information content (AvgIpc) is 2.43. The Hall–Kier alpha value is -0.360. The van der Waals surface area contributed by atoms with E-state index < -0.39 is 5.97 Å². The molecule has 2 rings (SSSR count). The van der Waals surface area contributed by atoms with Gasteiger partial charge in [-0.15, -0.1) is 0 Å². The minimum atomic E-state index is -0.978. The zero-order valence-corrected chi connectivity index (χ0v) is 17.0. The van der Waals surface area contributed by atoms with Crippen LogP contribution in [0.3, 0.4) is 0 Å². The molecule has 0 saturated heterocycles. The number of carboxylic acids is 1. The second-order valence-corrected chi connectivity index (χ2v) is 7.77. The van der Waals surface area contributed by atoms with E-state index in [4.69, 9.17) is 0 Å². The summed E-state index contributed by atoms with van der Waals surface area (Å²) in [5, 5.41) is 19.2. The highest BCUT2D eigenvalue weighted by Crippen LogP contribution is 2.29. The Bertz CT molecular complexity index is 698. The number of phenols is 1. The number of carbonyl (C=O) groups is 1. The highest BCUT2D eigenvalue weighted by atomic mass is 127. The minimum Gasteiger partial charge on any atom is -0.506 e. The van der Waals surface area contributed by atoms with Crippen molar-refractivity contribution in [3.05, 3.63) is 58.2 Å². The summed E-state index contributed by atoms with van der Waals surface area (Å²) < 4.78 is 2.44. The normalized spacial score (nSPS) is 11.5. The quantitative estimate of drug-likeness (QED) is 0.295. The number of aromatic hydroxyl groups is 1. The van der Waals surface area contributed by atoms with Gasteiger partial charge in [-0.1, -0.05) is 12.1 Å². The third kappa shape index (κ3) is 4.31. The van der Waals surface area contributed by atoms with Gasteiger partial charge in [-0.05, 0) is 109 Å². The van der Waals surface area contributed by atoms with E-state index in [1.165, 1.54) is 0 Å². The van der Waals surface area contributed by atoms with Crippen molar-refractivity contribution >= 4 is 85.4 Å². The van der Waals surface area contributed by atoms with Crippen molar-refractivity contribution in [2.24, 2.45) is 0 Å². The van der Waals surface area contributed by atoms with Crippen LogP contribution >= 0.6 is 67.8 Å². The van der Waals surface area contributed by atoms with Crippen molar-refractivity contribution in [1.29, 1.82) is 0 Å². The van der Waals surface area contributed by atoms with E-state index in [2.05, 4.69) is 22.6 Å². The van der Waals surface area contributed by atoms with Crippen LogP contribution in [0.5, 0.6) is 5.75 Å². The van der Waals surface area contributed by atoms with Gasteiger partial charge in [0.15, 0.2) is 0 Å². The Morgan fingerprint density at radius 1 is 1.00 bits per heavy atom. The molecule has 2 N–H and O–H groups in total. The number of hydrogen-bond donors (Lipinski definition) is 2. The molecule has 3 nitrogen and oxygen atoms in total. The van der Waals surface area contributed by atoms with Gasteiger partial charge in [-0.3, -0.25) is 0 Å². The van der Waals surface area contributed by atoms with Crippen LogP contribution in [0.2, 0.25) is 0 Å². The number of benzene rings is 2. The molecule has 0 bridgehead atoms. The second kappa shape index (κ2) is 7.27. The standard InChI is InChI=1S/C15H9I3O3/c16-10-3-1-9(2-4-10)11(15(20)21)5-8-6-12(17)14(19)13(18)7-8/h1-7,19H,(H,20,21). The summed E-state index contributed by atoms with van der Waals surface area (Å²) >= 11 is 6.23. The molecule has 0 aliphatic heterocycles. The van der Waals surface area contributed by atoms with E-state index in [1.54, 1.807) is 30.3 Å². The van der Waals surface area contributed by atoms with Crippen molar-refractivity contribution in [3.63, 3.8) is 0 Å². The maximum Gasteiger partial charge on any atom is 0.336 e. The number of aliphatic carboxylic acids is 1. The molecule has 6 heteroatoms. The van der Waals surface area contributed by atoms with Gasteiger partial charge in [-0.2, -0.15) is 0 Å². The van der Waals surface area contributed by atoms with Crippen LogP contribution in [0, 0.1) is 10.7 Å². The van der Waals surface area contributed by atoms with E-state index in [-0.39, 0.29) is 11.3 Å². The molecule has 0 spiro atoms. The maximum atomic E-state index is 11.5. The highest BCUT2D eigenvalue weighted by Gasteiger charge is 2.12. The highest BCUT2D eigenvalue weighted by molar-refractivity contribution is 14.1. The van der Waals surface area contributed by atoms with Crippen LogP contribution in [0.25, 0.3) is 11.6 Å². The van der Waals surface area contributed by atoms with Gasteiger partial charge >= 0.3 is 5.97 Å². The van der Waals surface area contributed by atoms with E-state index >= 15 is 0 Å². The molecule has 0 aromatic heterocycles. The molecule has 0 atom stereocenters. The lowest BCUT2D eigenvalue weighted by atomic mass is 10.0. The third-order valence-corrected chi connectivity index (χ3v) is 5.10. The van der Waals surface area contributed by atoms with Crippen LogP contribution in [-0.2, 0) is 4.79 Å². The molecule has 21 heavy (non-hydrogen) atoms. The summed E-state index contributed by atoms with van der Waals surface area (Å²) in [7, 11) is 0. The lowest BCUT2D eigenvalue weighted by molar-refractivity contribution is -0.130. The summed E-state index contributed by atoms with van der Waals surface area (Å²) in [5.74, 6) is -0.756. The first kappa shape index (κ1) is 17.0. The topological polar surface area (TPSA) is 57.5 Å². The van der Waals surface area contributed by atoms with Crippen molar-refractivity contribution < 1.29 is 15.0 Å². The van der Waals surface area contributed by atoms with Crippen molar-refractivity contribution in [2.75, 3.05) is 0 Å². The predicted molar refractivity (Wildman–Crippen MR) is 108 cm³/mol. The predicted octanol–water partition coefficient (Wildman–Crippen LogP) is 4.83. The number of hydrogen-bond acceptors (Lipinski definition) is 2.